The van der Waals surface area contributed by atoms with E-state index in [1.54, 1.807) is 24.3 Å². The van der Waals surface area contributed by atoms with E-state index >= 15 is 0 Å². The van der Waals surface area contributed by atoms with Gasteiger partial charge >= 0.3 is 5.97 Å². The fourth-order valence-corrected chi connectivity index (χ4v) is 5.09. The Morgan fingerprint density at radius 3 is 2.10 bits per heavy atom. The fourth-order valence-electron chi connectivity index (χ4n) is 4.61. The average Bonchev–Trinajstić information content (AvgIpc) is 2.96. The Morgan fingerprint density at radius 1 is 0.825 bits per heavy atom. The van der Waals surface area contributed by atoms with Gasteiger partial charge in [-0.15, -0.1) is 0 Å². The van der Waals surface area contributed by atoms with Crippen molar-refractivity contribution in [3.63, 3.8) is 0 Å². The van der Waals surface area contributed by atoms with Crippen LogP contribution in [0.15, 0.2) is 59.3 Å². The molecule has 1 unspecified atom stereocenters. The highest BCUT2D eigenvalue weighted by atomic mass is 79.9. The maximum absolute atomic E-state index is 12.8. The molecule has 3 rings (SSSR count). The molecule has 3 aromatic rings. The summed E-state index contributed by atoms with van der Waals surface area (Å²) in [6.07, 6.45) is 20.0. The van der Waals surface area contributed by atoms with E-state index in [1.807, 2.05) is 30.6 Å². The van der Waals surface area contributed by atoms with Crippen molar-refractivity contribution >= 4 is 21.9 Å². The molecular weight excluding hydrogens is 564 g/mol. The molecule has 0 aliphatic heterocycles. The highest BCUT2D eigenvalue weighted by Crippen LogP contribution is 2.29. The number of hydrogen-bond acceptors (Lipinski definition) is 5. The van der Waals surface area contributed by atoms with Gasteiger partial charge in [0, 0.05) is 18.0 Å². The first-order chi connectivity index (χ1) is 19.5. The van der Waals surface area contributed by atoms with Gasteiger partial charge < -0.3 is 9.47 Å². The molecule has 0 N–H and O–H groups in total. The second kappa shape index (κ2) is 17.9. The molecule has 0 spiro atoms. The van der Waals surface area contributed by atoms with Gasteiger partial charge in [-0.25, -0.2) is 14.8 Å². The van der Waals surface area contributed by atoms with Crippen LogP contribution in [0.25, 0.3) is 11.4 Å². The largest absolute Gasteiger partial charge is 0.490 e. The van der Waals surface area contributed by atoms with Crippen molar-refractivity contribution in [3.8, 4) is 22.9 Å². The Hall–Kier alpha value is -2.73. The van der Waals surface area contributed by atoms with E-state index in [0.29, 0.717) is 17.1 Å². The summed E-state index contributed by atoms with van der Waals surface area (Å²) in [6, 6.07) is 12.6. The molecule has 0 bridgehead atoms. The lowest BCUT2D eigenvalue weighted by atomic mass is 10.1. The van der Waals surface area contributed by atoms with E-state index in [9.17, 15) is 4.79 Å². The summed E-state index contributed by atoms with van der Waals surface area (Å²) in [4.78, 5) is 21.9. The fraction of sp³-hybridized carbons (Fsp3) is 0.500. The van der Waals surface area contributed by atoms with Gasteiger partial charge in [-0.05, 0) is 96.6 Å². The number of aryl methyl sites for hydroxylation is 1. The van der Waals surface area contributed by atoms with E-state index in [-0.39, 0.29) is 6.10 Å². The molecule has 1 heterocycles. The number of halogens is 1. The summed E-state index contributed by atoms with van der Waals surface area (Å²) in [6.45, 7) is 6.55. The van der Waals surface area contributed by atoms with Gasteiger partial charge in [0.1, 0.15) is 11.5 Å². The number of rotatable bonds is 18. The number of aromatic nitrogens is 2. The Labute approximate surface area is 249 Å². The van der Waals surface area contributed by atoms with Crippen molar-refractivity contribution in [1.82, 2.24) is 9.97 Å². The molecular formula is C34H45BrN2O3. The minimum atomic E-state index is -0.418. The van der Waals surface area contributed by atoms with Gasteiger partial charge in [-0.1, -0.05) is 71.6 Å². The number of carbonyl (C=O) groups excluding carboxylic acids is 1. The van der Waals surface area contributed by atoms with Gasteiger partial charge in [0.25, 0.3) is 0 Å². The molecule has 5 nitrogen and oxygen atoms in total. The molecule has 2 aromatic carbocycles. The first-order valence-electron chi connectivity index (χ1n) is 15.1. The summed E-state index contributed by atoms with van der Waals surface area (Å²) >= 11 is 3.54. The molecule has 40 heavy (non-hydrogen) atoms. The number of benzene rings is 2. The monoisotopic (exact) mass is 608 g/mol. The van der Waals surface area contributed by atoms with Gasteiger partial charge in [0.2, 0.25) is 0 Å². The van der Waals surface area contributed by atoms with Crippen molar-refractivity contribution in [2.45, 2.75) is 110 Å². The minimum Gasteiger partial charge on any atom is -0.490 e. The quantitative estimate of drug-likeness (QED) is 0.0816. The summed E-state index contributed by atoms with van der Waals surface area (Å²) in [5.74, 6) is 1.46. The number of ether oxygens (including phenoxy) is 2. The molecule has 1 aromatic heterocycles. The Balaban J connectivity index is 1.47. The van der Waals surface area contributed by atoms with Crippen LogP contribution in [0.1, 0.15) is 114 Å². The molecule has 0 saturated carbocycles. The number of hydrogen-bond donors (Lipinski definition) is 0. The Kier molecular flexibility index (Phi) is 14.2. The van der Waals surface area contributed by atoms with Gasteiger partial charge in [0.15, 0.2) is 5.82 Å². The van der Waals surface area contributed by atoms with Crippen molar-refractivity contribution < 1.29 is 14.3 Å². The van der Waals surface area contributed by atoms with E-state index in [0.717, 1.165) is 35.0 Å². The lowest BCUT2D eigenvalue weighted by molar-refractivity contribution is 0.0734. The van der Waals surface area contributed by atoms with Crippen molar-refractivity contribution in [2.24, 2.45) is 0 Å². The van der Waals surface area contributed by atoms with E-state index in [4.69, 9.17) is 9.47 Å². The molecule has 0 aliphatic rings. The van der Waals surface area contributed by atoms with Crippen LogP contribution in [0.5, 0.6) is 11.5 Å². The summed E-state index contributed by atoms with van der Waals surface area (Å²) in [5.41, 5.74) is 2.51. The molecule has 0 radical (unpaired) electrons. The van der Waals surface area contributed by atoms with Crippen molar-refractivity contribution in [1.29, 1.82) is 0 Å². The van der Waals surface area contributed by atoms with Gasteiger partial charge in [-0.3, -0.25) is 0 Å². The number of esters is 1. The summed E-state index contributed by atoms with van der Waals surface area (Å²) in [5, 5.41) is 0. The van der Waals surface area contributed by atoms with Crippen LogP contribution < -0.4 is 9.47 Å². The van der Waals surface area contributed by atoms with E-state index in [1.165, 1.54) is 69.8 Å². The Bertz CT molecular complexity index is 1150. The highest BCUT2D eigenvalue weighted by Gasteiger charge is 2.14. The third-order valence-corrected chi connectivity index (χ3v) is 7.68. The maximum Gasteiger partial charge on any atom is 0.343 e. The molecule has 0 fully saturated rings. The topological polar surface area (TPSA) is 61.3 Å². The molecule has 216 valence electrons. The molecule has 0 amide bonds. The van der Waals surface area contributed by atoms with Crippen LogP contribution in [0, 0.1) is 0 Å². The predicted molar refractivity (Wildman–Crippen MR) is 167 cm³/mol. The first-order valence-corrected chi connectivity index (χ1v) is 15.9. The second-order valence-electron chi connectivity index (χ2n) is 10.6. The average molecular weight is 610 g/mol. The molecule has 1 atom stereocenters. The van der Waals surface area contributed by atoms with Gasteiger partial charge in [-0.2, -0.15) is 0 Å². The van der Waals surface area contributed by atoms with Crippen LogP contribution in [0.2, 0.25) is 0 Å². The van der Waals surface area contributed by atoms with Crippen LogP contribution in [0.4, 0.5) is 0 Å². The van der Waals surface area contributed by atoms with Gasteiger partial charge in [0.05, 0.1) is 16.1 Å². The summed E-state index contributed by atoms with van der Waals surface area (Å²) < 4.78 is 12.4. The van der Waals surface area contributed by atoms with Crippen LogP contribution in [-0.2, 0) is 6.42 Å². The SMILES string of the molecule is CCCCCCCCCc1cnc(-c2ccc(OC(=O)c3ccc(OC(C)CCCCCC)c(Br)c3)cc2)nc1. The third kappa shape index (κ3) is 11.0. The molecule has 0 saturated heterocycles. The number of carbonyl (C=O) groups is 1. The number of nitrogens with zero attached hydrogens (tertiary/aromatic N) is 2. The normalized spacial score (nSPS) is 11.8. The maximum atomic E-state index is 12.8. The zero-order chi connectivity index (χ0) is 28.6. The summed E-state index contributed by atoms with van der Waals surface area (Å²) in [7, 11) is 0. The molecule has 6 heteroatoms. The Morgan fingerprint density at radius 2 is 1.45 bits per heavy atom. The van der Waals surface area contributed by atoms with Crippen LogP contribution >= 0.6 is 15.9 Å². The lowest BCUT2D eigenvalue weighted by Crippen LogP contribution is -2.13. The van der Waals surface area contributed by atoms with E-state index in [2.05, 4.69) is 46.7 Å². The standard InChI is InChI=1S/C34H45BrN2O3/c1-4-6-8-10-11-12-14-16-27-24-36-33(37-25-27)28-17-20-30(21-18-28)40-34(38)29-19-22-32(31(35)23-29)39-26(3)15-13-9-7-5-2/h17-26H,4-16H2,1-3H3. The van der Waals surface area contributed by atoms with Crippen molar-refractivity contribution in [3.05, 3.63) is 70.5 Å². The zero-order valence-electron chi connectivity index (χ0n) is 24.5. The zero-order valence-corrected chi connectivity index (χ0v) is 26.0. The van der Waals surface area contributed by atoms with Crippen molar-refractivity contribution in [2.75, 3.05) is 0 Å². The number of unbranched alkanes of at least 4 members (excludes halogenated alkanes) is 9. The van der Waals surface area contributed by atoms with Crippen LogP contribution in [0.3, 0.4) is 0 Å². The minimum absolute atomic E-state index is 0.120. The first kappa shape index (κ1) is 31.8. The van der Waals surface area contributed by atoms with E-state index < -0.39 is 5.97 Å². The molecule has 0 aliphatic carbocycles. The third-order valence-electron chi connectivity index (χ3n) is 7.06. The highest BCUT2D eigenvalue weighted by molar-refractivity contribution is 9.10. The van der Waals surface area contributed by atoms with Crippen LogP contribution in [-0.4, -0.2) is 22.0 Å². The smallest absolute Gasteiger partial charge is 0.343 e. The second-order valence-corrected chi connectivity index (χ2v) is 11.5. The lowest BCUT2D eigenvalue weighted by Gasteiger charge is -2.16. The predicted octanol–water partition coefficient (Wildman–Crippen LogP) is 10.2.